The number of carbonyl (C=O) groups excluding carboxylic acids is 1. The number of hydrogen-bond acceptors (Lipinski definition) is 18. The van der Waals surface area contributed by atoms with E-state index in [9.17, 15) is 61.0 Å². The third-order valence-electron chi connectivity index (χ3n) is 16.9. The molecule has 0 aromatic rings. The van der Waals surface area contributed by atoms with E-state index in [4.69, 9.17) is 28.4 Å². The molecule has 3 heterocycles. The van der Waals surface area contributed by atoms with E-state index in [2.05, 4.69) is 19.2 Å². The van der Waals surface area contributed by atoms with Crippen LogP contribution in [0, 0.1) is 0 Å². The molecule has 0 aliphatic carbocycles. The van der Waals surface area contributed by atoms with Gasteiger partial charge in [0.15, 0.2) is 18.9 Å². The minimum Gasteiger partial charge on any atom is -0.394 e. The van der Waals surface area contributed by atoms with Gasteiger partial charge in [0, 0.05) is 6.42 Å². The Bertz CT molecular complexity index is 1490. The Hall–Kier alpha value is -1.21. The fraction of sp³-hybridized carbons (Fsp3) is 0.984. The van der Waals surface area contributed by atoms with Gasteiger partial charge in [-0.2, -0.15) is 0 Å². The molecule has 1 amide bonds. The van der Waals surface area contributed by atoms with Crippen LogP contribution in [-0.2, 0) is 33.2 Å². The molecule has 19 nitrogen and oxygen atoms in total. The summed E-state index contributed by atoms with van der Waals surface area (Å²) in [7, 11) is 0. The number of nitrogens with one attached hydrogen (secondary N) is 1. The van der Waals surface area contributed by atoms with Gasteiger partial charge in [0.05, 0.1) is 38.6 Å². The molecule has 0 bridgehead atoms. The van der Waals surface area contributed by atoms with Gasteiger partial charge in [-0.15, -0.1) is 0 Å². The number of unbranched alkanes of at least 4 members (excludes halogenated alkanes) is 34. The first-order valence-electron chi connectivity index (χ1n) is 32.8. The number of carbonyl (C=O) groups is 1. The van der Waals surface area contributed by atoms with Crippen molar-refractivity contribution in [3.05, 3.63) is 0 Å². The summed E-state index contributed by atoms with van der Waals surface area (Å²) < 4.78 is 34.3. The van der Waals surface area contributed by atoms with Gasteiger partial charge >= 0.3 is 0 Å². The van der Waals surface area contributed by atoms with Crippen molar-refractivity contribution in [2.75, 3.05) is 26.4 Å². The zero-order valence-electron chi connectivity index (χ0n) is 50.3. The van der Waals surface area contributed by atoms with Crippen LogP contribution < -0.4 is 5.32 Å². The molecule has 3 aliphatic rings. The molecular formula is C62H119NO18. The van der Waals surface area contributed by atoms with Crippen molar-refractivity contribution in [2.24, 2.45) is 0 Å². The van der Waals surface area contributed by atoms with Crippen LogP contribution in [0.15, 0.2) is 0 Å². The van der Waals surface area contributed by atoms with Gasteiger partial charge in [-0.3, -0.25) is 4.79 Å². The van der Waals surface area contributed by atoms with Crippen LogP contribution in [-0.4, -0.2) is 193 Å². The first kappa shape index (κ1) is 74.0. The highest BCUT2D eigenvalue weighted by atomic mass is 16.8. The maximum Gasteiger partial charge on any atom is 0.220 e. The monoisotopic (exact) mass is 1170 g/mol. The predicted octanol–water partition coefficient (Wildman–Crippen LogP) is 7.16. The highest BCUT2D eigenvalue weighted by molar-refractivity contribution is 5.76. The lowest BCUT2D eigenvalue weighted by Crippen LogP contribution is -2.66. The van der Waals surface area contributed by atoms with E-state index < -0.39 is 124 Å². The Labute approximate surface area is 487 Å². The second-order valence-electron chi connectivity index (χ2n) is 23.9. The third kappa shape index (κ3) is 29.4. The number of amides is 1. The quantitative estimate of drug-likeness (QED) is 0.0269. The van der Waals surface area contributed by atoms with Crippen molar-refractivity contribution in [1.82, 2.24) is 5.32 Å². The number of aliphatic hydroxyl groups is 11. The van der Waals surface area contributed by atoms with Crippen molar-refractivity contribution >= 4 is 5.91 Å². The Morgan fingerprint density at radius 3 is 1.07 bits per heavy atom. The van der Waals surface area contributed by atoms with E-state index >= 15 is 0 Å². The summed E-state index contributed by atoms with van der Waals surface area (Å²) in [4.78, 5) is 13.3. The molecule has 17 unspecified atom stereocenters. The fourth-order valence-electron chi connectivity index (χ4n) is 11.6. The Morgan fingerprint density at radius 1 is 0.395 bits per heavy atom. The van der Waals surface area contributed by atoms with Gasteiger partial charge in [-0.25, -0.2) is 0 Å². The van der Waals surface area contributed by atoms with Gasteiger partial charge < -0.3 is 89.9 Å². The molecule has 3 rings (SSSR count). The van der Waals surface area contributed by atoms with Gasteiger partial charge in [0.2, 0.25) is 5.91 Å². The molecule has 480 valence electrons. The van der Waals surface area contributed by atoms with E-state index in [1.54, 1.807) is 0 Å². The molecule has 0 spiro atoms. The first-order chi connectivity index (χ1) is 39.3. The van der Waals surface area contributed by atoms with E-state index in [-0.39, 0.29) is 18.9 Å². The van der Waals surface area contributed by atoms with Crippen molar-refractivity contribution in [2.45, 2.75) is 362 Å². The lowest BCUT2D eigenvalue weighted by molar-refractivity contribution is -0.379. The summed E-state index contributed by atoms with van der Waals surface area (Å²) in [6, 6.07) is -0.879. The molecule has 19 heteroatoms. The number of rotatable bonds is 50. The Balaban J connectivity index is 1.35. The normalized spacial score (nSPS) is 29.7. The zero-order valence-corrected chi connectivity index (χ0v) is 50.3. The van der Waals surface area contributed by atoms with Gasteiger partial charge in [0.1, 0.15) is 73.2 Å². The minimum atomic E-state index is -1.97. The van der Waals surface area contributed by atoms with E-state index in [0.29, 0.717) is 12.8 Å². The van der Waals surface area contributed by atoms with Crippen LogP contribution in [0.25, 0.3) is 0 Å². The van der Waals surface area contributed by atoms with Crippen LogP contribution in [0.3, 0.4) is 0 Å². The van der Waals surface area contributed by atoms with Crippen LogP contribution >= 0.6 is 0 Å². The molecule has 3 aliphatic heterocycles. The molecule has 17 atom stereocenters. The molecule has 0 aromatic heterocycles. The highest BCUT2D eigenvalue weighted by Gasteiger charge is 2.53. The van der Waals surface area contributed by atoms with E-state index in [1.165, 1.54) is 180 Å². The van der Waals surface area contributed by atoms with E-state index in [0.717, 1.165) is 44.9 Å². The standard InChI is InChI=1S/C62H119NO18/c1-3-5-7-9-11-13-14-15-16-17-18-19-20-21-22-23-24-25-26-27-28-29-30-31-32-34-36-38-40-50(68)63-45(46(67)39-37-35-33-12-10-8-6-4-2)44-76-60-56(74)53(71)58(48(42-65)78-60)81-62-57(75)54(72)59(49(43-66)79-62)80-61-55(73)52(70)51(69)47(41-64)77-61/h45-49,51-62,64-67,69-75H,3-44H2,1-2H3,(H,63,68). The molecule has 0 saturated carbocycles. The average molecular weight is 1170 g/mol. The van der Waals surface area contributed by atoms with Crippen molar-refractivity contribution in [3.8, 4) is 0 Å². The van der Waals surface area contributed by atoms with Crippen molar-refractivity contribution in [1.29, 1.82) is 0 Å². The number of ether oxygens (including phenoxy) is 6. The lowest BCUT2D eigenvalue weighted by atomic mass is 9.96. The Kier molecular flexibility index (Phi) is 42.1. The molecular weight excluding hydrogens is 1050 g/mol. The second kappa shape index (κ2) is 46.0. The van der Waals surface area contributed by atoms with Crippen molar-refractivity contribution < 1.29 is 89.4 Å². The maximum atomic E-state index is 13.3. The topological polar surface area (TPSA) is 307 Å². The molecule has 12 N–H and O–H groups in total. The SMILES string of the molecule is CCCCCCCCCCCCCCCCCCCCCCCCCCCCCCC(=O)NC(COC1OC(CO)C(OC2OC(CO)C(OC3OC(CO)C(O)C(O)C3O)C(O)C2O)C(O)C1O)C(O)CCCCCCCCCC. The maximum absolute atomic E-state index is 13.3. The fourth-order valence-corrected chi connectivity index (χ4v) is 11.6. The first-order valence-corrected chi connectivity index (χ1v) is 32.8. The lowest BCUT2D eigenvalue weighted by Gasteiger charge is -2.48. The van der Waals surface area contributed by atoms with Crippen LogP contribution in [0.4, 0.5) is 0 Å². The van der Waals surface area contributed by atoms with Crippen LogP contribution in [0.5, 0.6) is 0 Å². The second-order valence-corrected chi connectivity index (χ2v) is 23.9. The number of hydrogen-bond donors (Lipinski definition) is 12. The van der Waals surface area contributed by atoms with Crippen LogP contribution in [0.1, 0.15) is 258 Å². The molecule has 0 aromatic carbocycles. The van der Waals surface area contributed by atoms with E-state index in [1.807, 2.05) is 0 Å². The van der Waals surface area contributed by atoms with Gasteiger partial charge in [-0.1, -0.05) is 239 Å². The average Bonchev–Trinajstić information content (AvgIpc) is 3.47. The minimum absolute atomic E-state index is 0.240. The van der Waals surface area contributed by atoms with Gasteiger partial charge in [-0.05, 0) is 12.8 Å². The predicted molar refractivity (Wildman–Crippen MR) is 310 cm³/mol. The summed E-state index contributed by atoms with van der Waals surface area (Å²) in [5, 5.41) is 120. The molecule has 0 radical (unpaired) electrons. The highest BCUT2D eigenvalue weighted by Crippen LogP contribution is 2.33. The summed E-state index contributed by atoms with van der Waals surface area (Å²) in [5.74, 6) is -0.240. The van der Waals surface area contributed by atoms with Crippen LogP contribution in [0.2, 0.25) is 0 Å². The smallest absolute Gasteiger partial charge is 0.220 e. The molecule has 3 saturated heterocycles. The molecule has 3 fully saturated rings. The summed E-state index contributed by atoms with van der Waals surface area (Å²) in [6.45, 7) is 1.77. The Morgan fingerprint density at radius 2 is 0.704 bits per heavy atom. The zero-order chi connectivity index (χ0) is 59.0. The summed E-state index contributed by atoms with van der Waals surface area (Å²) in [6.07, 6.45) is 19.6. The molecule has 81 heavy (non-hydrogen) atoms. The summed E-state index contributed by atoms with van der Waals surface area (Å²) >= 11 is 0. The third-order valence-corrected chi connectivity index (χ3v) is 16.9. The summed E-state index contributed by atoms with van der Waals surface area (Å²) in [5.41, 5.74) is 0. The van der Waals surface area contributed by atoms with Crippen molar-refractivity contribution in [3.63, 3.8) is 0 Å². The largest absolute Gasteiger partial charge is 0.394 e. The van der Waals surface area contributed by atoms with Gasteiger partial charge in [0.25, 0.3) is 0 Å². The number of aliphatic hydroxyl groups excluding tert-OH is 11.